The summed E-state index contributed by atoms with van der Waals surface area (Å²) >= 11 is 0. The van der Waals surface area contributed by atoms with Gasteiger partial charge in [0.15, 0.2) is 0 Å². The molecule has 0 saturated heterocycles. The summed E-state index contributed by atoms with van der Waals surface area (Å²) in [7, 11) is 1.64. The fourth-order valence-electron chi connectivity index (χ4n) is 1.10. The van der Waals surface area contributed by atoms with Crippen LogP contribution in [0.5, 0.6) is 5.88 Å². The van der Waals surface area contributed by atoms with E-state index in [1.54, 1.807) is 7.11 Å². The summed E-state index contributed by atoms with van der Waals surface area (Å²) in [5.41, 5.74) is 5.46. The molecule has 1 aromatic rings. The Kier molecular flexibility index (Phi) is 7.78. The predicted octanol–water partition coefficient (Wildman–Crippen LogP) is 0.117. The van der Waals surface area contributed by atoms with E-state index in [1.165, 1.54) is 12.4 Å². The Bertz CT molecular complexity index is 325. The molecule has 0 amide bonds. The van der Waals surface area contributed by atoms with Crippen molar-refractivity contribution in [2.24, 2.45) is 0 Å². The number of ether oxygens (including phenoxy) is 4. The maximum absolute atomic E-state index is 5.46. The first-order valence-electron chi connectivity index (χ1n) is 5.67. The molecular weight excluding hydrogens is 238 g/mol. The third kappa shape index (κ3) is 7.00. The lowest BCUT2D eigenvalue weighted by Gasteiger charge is -2.07. The van der Waals surface area contributed by atoms with Crippen molar-refractivity contribution in [2.45, 2.75) is 0 Å². The minimum Gasteiger partial charge on any atom is -0.474 e. The summed E-state index contributed by atoms with van der Waals surface area (Å²) in [5, 5.41) is 0. The molecule has 0 fully saturated rings. The lowest BCUT2D eigenvalue weighted by atomic mass is 10.6. The van der Waals surface area contributed by atoms with E-state index in [4.69, 9.17) is 24.7 Å². The largest absolute Gasteiger partial charge is 0.474 e. The van der Waals surface area contributed by atoms with Gasteiger partial charge in [-0.3, -0.25) is 4.98 Å². The van der Waals surface area contributed by atoms with Crippen molar-refractivity contribution in [1.82, 2.24) is 9.97 Å². The zero-order valence-corrected chi connectivity index (χ0v) is 10.5. The maximum atomic E-state index is 5.46. The predicted molar refractivity (Wildman–Crippen MR) is 65.5 cm³/mol. The van der Waals surface area contributed by atoms with Gasteiger partial charge in [0.25, 0.3) is 0 Å². The van der Waals surface area contributed by atoms with Crippen LogP contribution in [0.4, 0.5) is 5.82 Å². The lowest BCUT2D eigenvalue weighted by molar-refractivity contribution is 0.0176. The van der Waals surface area contributed by atoms with Crippen molar-refractivity contribution < 1.29 is 18.9 Å². The van der Waals surface area contributed by atoms with E-state index < -0.39 is 0 Å². The maximum Gasteiger partial charge on any atom is 0.234 e. The molecular formula is C11H19N3O4. The molecule has 0 aliphatic carbocycles. The van der Waals surface area contributed by atoms with Crippen LogP contribution in [0.2, 0.25) is 0 Å². The third-order valence-electron chi connectivity index (χ3n) is 1.91. The summed E-state index contributed by atoms with van der Waals surface area (Å²) in [6.07, 6.45) is 2.96. The molecule has 2 N–H and O–H groups in total. The van der Waals surface area contributed by atoms with Crippen molar-refractivity contribution in [1.29, 1.82) is 0 Å². The molecule has 0 spiro atoms. The van der Waals surface area contributed by atoms with Gasteiger partial charge in [-0.2, -0.15) is 4.98 Å². The topological polar surface area (TPSA) is 88.7 Å². The SMILES string of the molecule is COCCOCCOCCOc1cncc(N)n1. The average Bonchev–Trinajstić information content (AvgIpc) is 2.37. The highest BCUT2D eigenvalue weighted by Crippen LogP contribution is 2.05. The second kappa shape index (κ2) is 9.58. The molecule has 1 aromatic heterocycles. The van der Waals surface area contributed by atoms with E-state index >= 15 is 0 Å². The number of nitrogen functional groups attached to an aromatic ring is 1. The van der Waals surface area contributed by atoms with Gasteiger partial charge in [0.2, 0.25) is 5.88 Å². The van der Waals surface area contributed by atoms with Crippen LogP contribution >= 0.6 is 0 Å². The van der Waals surface area contributed by atoms with Gasteiger partial charge in [0.1, 0.15) is 12.4 Å². The van der Waals surface area contributed by atoms with E-state index in [9.17, 15) is 0 Å². The van der Waals surface area contributed by atoms with E-state index in [-0.39, 0.29) is 0 Å². The number of nitrogens with two attached hydrogens (primary N) is 1. The molecule has 7 nitrogen and oxygen atoms in total. The monoisotopic (exact) mass is 257 g/mol. The van der Waals surface area contributed by atoms with Gasteiger partial charge >= 0.3 is 0 Å². The van der Waals surface area contributed by atoms with E-state index in [0.717, 1.165) is 0 Å². The van der Waals surface area contributed by atoms with Crippen molar-refractivity contribution >= 4 is 5.82 Å². The molecule has 0 saturated carbocycles. The Hall–Kier alpha value is -1.44. The van der Waals surface area contributed by atoms with Crippen molar-refractivity contribution in [3.05, 3.63) is 12.4 Å². The molecule has 0 unspecified atom stereocenters. The van der Waals surface area contributed by atoms with Crippen molar-refractivity contribution in [3.63, 3.8) is 0 Å². The van der Waals surface area contributed by atoms with Gasteiger partial charge < -0.3 is 24.7 Å². The van der Waals surface area contributed by atoms with Crippen LogP contribution < -0.4 is 10.5 Å². The number of methoxy groups -OCH3 is 1. The fraction of sp³-hybridized carbons (Fsp3) is 0.636. The van der Waals surface area contributed by atoms with E-state index in [1.807, 2.05) is 0 Å². The van der Waals surface area contributed by atoms with E-state index in [2.05, 4.69) is 9.97 Å². The minimum absolute atomic E-state index is 0.333. The molecule has 1 heterocycles. The Balaban J connectivity index is 1.92. The summed E-state index contributed by atoms with van der Waals surface area (Å²) in [6, 6.07) is 0. The van der Waals surface area contributed by atoms with Gasteiger partial charge in [0.05, 0.1) is 45.4 Å². The van der Waals surface area contributed by atoms with Gasteiger partial charge in [-0.25, -0.2) is 0 Å². The van der Waals surface area contributed by atoms with Gasteiger partial charge in [0, 0.05) is 7.11 Å². The summed E-state index contributed by atoms with van der Waals surface area (Å²) in [4.78, 5) is 7.80. The normalized spacial score (nSPS) is 10.5. The molecule has 1 rings (SSSR count). The van der Waals surface area contributed by atoms with Gasteiger partial charge in [-0.05, 0) is 0 Å². The highest BCUT2D eigenvalue weighted by molar-refractivity contribution is 5.25. The second-order valence-corrected chi connectivity index (χ2v) is 3.35. The standard InChI is InChI=1S/C11H19N3O4/c1-15-2-3-16-4-5-17-6-7-18-11-9-13-8-10(12)14-11/h8-9H,2-7H2,1H3,(H2,12,14). The number of hydrogen-bond acceptors (Lipinski definition) is 7. The van der Waals surface area contributed by atoms with Crippen LogP contribution in [0.15, 0.2) is 12.4 Å². The Labute approximate surface area is 106 Å². The van der Waals surface area contributed by atoms with Crippen molar-refractivity contribution in [2.75, 3.05) is 52.5 Å². The molecule has 0 aromatic carbocycles. The quantitative estimate of drug-likeness (QED) is 0.595. The molecule has 102 valence electrons. The zero-order valence-electron chi connectivity index (χ0n) is 10.5. The van der Waals surface area contributed by atoms with Crippen LogP contribution in [-0.4, -0.2) is 56.7 Å². The van der Waals surface area contributed by atoms with Gasteiger partial charge in [-0.1, -0.05) is 0 Å². The highest BCUT2D eigenvalue weighted by atomic mass is 16.6. The summed E-state index contributed by atoms with van der Waals surface area (Å²) in [6.45, 7) is 3.10. The zero-order chi connectivity index (χ0) is 13.1. The van der Waals surface area contributed by atoms with Gasteiger partial charge in [-0.15, -0.1) is 0 Å². The molecule has 0 radical (unpaired) electrons. The fourth-order valence-corrected chi connectivity index (χ4v) is 1.10. The molecule has 18 heavy (non-hydrogen) atoms. The number of anilines is 1. The highest BCUT2D eigenvalue weighted by Gasteiger charge is 1.96. The van der Waals surface area contributed by atoms with Crippen LogP contribution in [0.25, 0.3) is 0 Å². The molecule has 7 heteroatoms. The van der Waals surface area contributed by atoms with Crippen LogP contribution in [0.1, 0.15) is 0 Å². The number of hydrogen-bond donors (Lipinski definition) is 1. The average molecular weight is 257 g/mol. The Morgan fingerprint density at radius 1 is 1.00 bits per heavy atom. The lowest BCUT2D eigenvalue weighted by Crippen LogP contribution is -2.12. The molecule has 0 bridgehead atoms. The molecule has 0 aliphatic heterocycles. The molecule has 0 atom stereocenters. The first kappa shape index (κ1) is 14.6. The second-order valence-electron chi connectivity index (χ2n) is 3.35. The summed E-state index contributed by atoms with van der Waals surface area (Å²) in [5.74, 6) is 0.731. The Morgan fingerprint density at radius 3 is 2.33 bits per heavy atom. The number of rotatable bonds is 10. The van der Waals surface area contributed by atoms with Crippen LogP contribution in [-0.2, 0) is 14.2 Å². The van der Waals surface area contributed by atoms with Crippen molar-refractivity contribution in [3.8, 4) is 5.88 Å². The third-order valence-corrected chi connectivity index (χ3v) is 1.91. The summed E-state index contributed by atoms with van der Waals surface area (Å²) < 4.78 is 20.6. The number of aromatic nitrogens is 2. The number of nitrogens with zero attached hydrogens (tertiary/aromatic N) is 2. The minimum atomic E-state index is 0.333. The van der Waals surface area contributed by atoms with E-state index in [0.29, 0.717) is 51.3 Å². The van der Waals surface area contributed by atoms with Crippen LogP contribution in [0.3, 0.4) is 0 Å². The first-order valence-corrected chi connectivity index (χ1v) is 5.67. The Morgan fingerprint density at radius 2 is 1.67 bits per heavy atom. The smallest absolute Gasteiger partial charge is 0.234 e. The molecule has 0 aliphatic rings. The first-order chi connectivity index (χ1) is 8.83. The van der Waals surface area contributed by atoms with Crippen LogP contribution in [0, 0.1) is 0 Å².